The van der Waals surface area contributed by atoms with E-state index in [4.69, 9.17) is 0 Å². The second kappa shape index (κ2) is 11.3. The van der Waals surface area contributed by atoms with Crippen molar-refractivity contribution in [3.63, 3.8) is 0 Å². The number of piperazine rings is 1. The van der Waals surface area contributed by atoms with Gasteiger partial charge in [0.2, 0.25) is 5.92 Å². The lowest BCUT2D eigenvalue weighted by atomic mass is 9.78. The Morgan fingerprint density at radius 3 is 2.21 bits per heavy atom. The van der Waals surface area contributed by atoms with Crippen molar-refractivity contribution >= 4 is 28.3 Å². The molecule has 2 aliphatic rings. The Morgan fingerprint density at radius 2 is 1.69 bits per heavy atom. The van der Waals surface area contributed by atoms with Crippen LogP contribution < -0.4 is 5.32 Å². The van der Waals surface area contributed by atoms with Gasteiger partial charge in [0.1, 0.15) is 5.82 Å². The van der Waals surface area contributed by atoms with Crippen molar-refractivity contribution in [3.05, 3.63) is 47.7 Å². The van der Waals surface area contributed by atoms with E-state index in [1.165, 1.54) is 21.4 Å². The molecule has 0 bridgehead atoms. The second-order valence-corrected chi connectivity index (χ2v) is 11.6. The maximum absolute atomic E-state index is 14.3. The third kappa shape index (κ3) is 6.69. The summed E-state index contributed by atoms with van der Waals surface area (Å²) in [4.78, 5) is 18.4. The lowest BCUT2D eigenvalue weighted by molar-refractivity contribution is -0.137. The average Bonchev–Trinajstić information content (AvgIpc) is 3.30. The predicted octanol–water partition coefficient (Wildman–Crippen LogP) is 3.68. The molecule has 0 atom stereocenters. The Labute approximate surface area is 227 Å². The number of aromatic nitrogens is 2. The molecule has 1 aliphatic carbocycles. The van der Waals surface area contributed by atoms with Crippen LogP contribution in [0.5, 0.6) is 0 Å². The molecular formula is C23H28ClF6N5O3S. The minimum atomic E-state index is -4.78. The van der Waals surface area contributed by atoms with Crippen molar-refractivity contribution in [1.82, 2.24) is 24.1 Å². The normalized spacial score (nSPS) is 20.3. The molecule has 39 heavy (non-hydrogen) atoms. The van der Waals surface area contributed by atoms with Crippen LogP contribution in [0.4, 0.5) is 26.3 Å². The highest BCUT2D eigenvalue weighted by Gasteiger charge is 2.48. The standard InChI is InChI=1S/C23H27F6N5O3S.ClH/c1-32-13-19(31-15-32)38(36,37)34-10-8-33(9-11-34)21(4-6-22(25,26)7-5-21)14-30-20(35)17-3-2-16(12-18(17)24)23(27,28)29;/h2-3,12-13,15H,4-11,14H2,1H3,(H,30,35);1H. The summed E-state index contributed by atoms with van der Waals surface area (Å²) in [5.74, 6) is -5.21. The number of nitrogens with zero attached hydrogens (tertiary/aromatic N) is 4. The molecule has 0 unspecified atom stereocenters. The Kier molecular flexibility index (Phi) is 9.00. The zero-order valence-electron chi connectivity index (χ0n) is 20.8. The Morgan fingerprint density at radius 1 is 1.08 bits per heavy atom. The van der Waals surface area contributed by atoms with Crippen LogP contribution in [-0.2, 0) is 23.2 Å². The van der Waals surface area contributed by atoms with Gasteiger partial charge < -0.3 is 9.88 Å². The summed E-state index contributed by atoms with van der Waals surface area (Å²) >= 11 is 0. The van der Waals surface area contributed by atoms with Gasteiger partial charge >= 0.3 is 6.18 Å². The van der Waals surface area contributed by atoms with Crippen LogP contribution in [0.3, 0.4) is 0 Å². The van der Waals surface area contributed by atoms with Crippen LogP contribution in [0.25, 0.3) is 0 Å². The summed E-state index contributed by atoms with van der Waals surface area (Å²) in [6, 6.07) is 1.56. The fraction of sp³-hybridized carbons (Fsp3) is 0.565. The van der Waals surface area contributed by atoms with Crippen molar-refractivity contribution < 1.29 is 39.6 Å². The number of alkyl halides is 5. The molecule has 1 saturated heterocycles. The SMILES string of the molecule is Cl.Cn1cnc(S(=O)(=O)N2CCN(C3(CNC(=O)c4ccc(C(F)(F)F)cc4F)CCC(F)(F)CC3)CC2)c1. The van der Waals surface area contributed by atoms with Gasteiger partial charge in [-0.15, -0.1) is 12.4 Å². The molecule has 2 fully saturated rings. The molecule has 2 heterocycles. The van der Waals surface area contributed by atoms with Crippen LogP contribution in [0.2, 0.25) is 0 Å². The first-order valence-electron chi connectivity index (χ1n) is 11.9. The number of rotatable bonds is 6. The van der Waals surface area contributed by atoms with E-state index in [0.29, 0.717) is 6.07 Å². The van der Waals surface area contributed by atoms with Crippen molar-refractivity contribution in [2.24, 2.45) is 7.05 Å². The van der Waals surface area contributed by atoms with E-state index in [-0.39, 0.29) is 69.1 Å². The molecule has 4 rings (SSSR count). The van der Waals surface area contributed by atoms with E-state index in [2.05, 4.69) is 10.3 Å². The van der Waals surface area contributed by atoms with E-state index in [9.17, 15) is 39.6 Å². The molecule has 16 heteroatoms. The maximum Gasteiger partial charge on any atom is 0.416 e. The predicted molar refractivity (Wildman–Crippen MR) is 131 cm³/mol. The smallest absolute Gasteiger partial charge is 0.350 e. The number of carbonyl (C=O) groups excluding carboxylic acids is 1. The van der Waals surface area contributed by atoms with Gasteiger partial charge in [0, 0.05) is 64.3 Å². The summed E-state index contributed by atoms with van der Waals surface area (Å²) in [6.45, 7) is 0.372. The van der Waals surface area contributed by atoms with Crippen LogP contribution in [-0.4, -0.2) is 77.3 Å². The Bertz CT molecular complexity index is 1290. The van der Waals surface area contributed by atoms with Crippen LogP contribution >= 0.6 is 12.4 Å². The first kappa shape index (κ1) is 31.2. The minimum Gasteiger partial charge on any atom is -0.350 e. The summed E-state index contributed by atoms with van der Waals surface area (Å²) in [5, 5.41) is 2.41. The lowest BCUT2D eigenvalue weighted by Gasteiger charge is -2.50. The molecule has 0 radical (unpaired) electrons. The number of hydrogen-bond acceptors (Lipinski definition) is 5. The summed E-state index contributed by atoms with van der Waals surface area (Å²) in [7, 11) is -2.21. The Balaban J connectivity index is 0.00000420. The summed E-state index contributed by atoms with van der Waals surface area (Å²) in [5.41, 5.74) is -2.79. The lowest BCUT2D eigenvalue weighted by Crippen LogP contribution is -2.63. The van der Waals surface area contributed by atoms with Crippen LogP contribution in [0.1, 0.15) is 41.6 Å². The zero-order chi connectivity index (χ0) is 27.9. The fourth-order valence-electron chi connectivity index (χ4n) is 4.96. The number of aryl methyl sites for hydroxylation is 1. The highest BCUT2D eigenvalue weighted by atomic mass is 35.5. The highest BCUT2D eigenvalue weighted by Crippen LogP contribution is 2.42. The third-order valence-corrected chi connectivity index (χ3v) is 9.01. The monoisotopic (exact) mass is 603 g/mol. The van der Waals surface area contributed by atoms with E-state index >= 15 is 0 Å². The van der Waals surface area contributed by atoms with Gasteiger partial charge in [0.15, 0.2) is 5.03 Å². The minimum absolute atomic E-state index is 0. The second-order valence-electron chi connectivity index (χ2n) is 9.72. The van der Waals surface area contributed by atoms with Crippen LogP contribution in [0.15, 0.2) is 35.7 Å². The van der Waals surface area contributed by atoms with E-state index in [0.717, 1.165) is 6.07 Å². The number of halogens is 7. The van der Waals surface area contributed by atoms with E-state index in [1.54, 1.807) is 7.05 Å². The molecule has 2 aromatic rings. The molecule has 0 spiro atoms. The van der Waals surface area contributed by atoms with Crippen molar-refractivity contribution in [1.29, 1.82) is 0 Å². The maximum atomic E-state index is 14.3. The third-order valence-electron chi connectivity index (χ3n) is 7.23. The first-order chi connectivity index (χ1) is 17.6. The quantitative estimate of drug-likeness (QED) is 0.509. The molecule has 1 aliphatic heterocycles. The molecule has 1 N–H and O–H groups in total. The number of hydrogen-bond donors (Lipinski definition) is 1. The van der Waals surface area contributed by atoms with Gasteiger partial charge in [-0.1, -0.05) is 0 Å². The average molecular weight is 604 g/mol. The van der Waals surface area contributed by atoms with Gasteiger partial charge in [0.25, 0.3) is 15.9 Å². The van der Waals surface area contributed by atoms with Crippen molar-refractivity contribution in [3.8, 4) is 0 Å². The van der Waals surface area contributed by atoms with Gasteiger partial charge in [0.05, 0.1) is 17.5 Å². The van der Waals surface area contributed by atoms with E-state index in [1.807, 2.05) is 4.90 Å². The first-order valence-corrected chi connectivity index (χ1v) is 13.3. The Hall–Kier alpha value is -2.36. The number of nitrogens with one attached hydrogen (secondary N) is 1. The van der Waals surface area contributed by atoms with E-state index < -0.39 is 63.4 Å². The van der Waals surface area contributed by atoms with Crippen molar-refractivity contribution in [2.45, 2.75) is 48.3 Å². The summed E-state index contributed by atoms with van der Waals surface area (Å²) < 4.78 is 109. The number of amides is 1. The van der Waals surface area contributed by atoms with Gasteiger partial charge in [-0.25, -0.2) is 26.6 Å². The molecule has 1 saturated carbocycles. The molecule has 1 aromatic carbocycles. The van der Waals surface area contributed by atoms with Crippen LogP contribution in [0, 0.1) is 5.82 Å². The van der Waals surface area contributed by atoms with Gasteiger partial charge in [-0.2, -0.15) is 17.5 Å². The molecule has 218 valence electrons. The van der Waals surface area contributed by atoms with Gasteiger partial charge in [-0.3, -0.25) is 9.69 Å². The fourth-order valence-corrected chi connectivity index (χ4v) is 6.35. The summed E-state index contributed by atoms with van der Waals surface area (Å²) in [6.07, 6.45) is -2.97. The van der Waals surface area contributed by atoms with Crippen molar-refractivity contribution in [2.75, 3.05) is 32.7 Å². The topological polar surface area (TPSA) is 87.5 Å². The molecule has 1 aromatic heterocycles. The number of sulfonamides is 1. The number of carbonyl (C=O) groups is 1. The molecule has 8 nitrogen and oxygen atoms in total. The molecule has 1 amide bonds. The molecular weight excluding hydrogens is 576 g/mol. The highest BCUT2D eigenvalue weighted by molar-refractivity contribution is 7.89. The number of benzene rings is 1. The number of imidazole rings is 1. The van der Waals surface area contributed by atoms with Gasteiger partial charge in [-0.05, 0) is 31.0 Å². The largest absolute Gasteiger partial charge is 0.416 e. The zero-order valence-corrected chi connectivity index (χ0v) is 22.5.